The number of carboxylic acids is 1. The van der Waals surface area contributed by atoms with Crippen LogP contribution in [0, 0.1) is 62.6 Å². The number of rotatable bonds is 1. The zero-order valence-corrected chi connectivity index (χ0v) is 24.3. The van der Waals surface area contributed by atoms with Crippen LogP contribution in [0.25, 0.3) is 0 Å². The Balaban J connectivity index is 0.00000180. The predicted molar refractivity (Wildman–Crippen MR) is 138 cm³/mol. The molecule has 0 saturated heterocycles. The van der Waals surface area contributed by atoms with Crippen molar-refractivity contribution in [2.75, 3.05) is 0 Å². The quantitative estimate of drug-likeness (QED) is 0.536. The summed E-state index contributed by atoms with van der Waals surface area (Å²) in [7, 11) is 0. The van der Waals surface area contributed by atoms with Crippen LogP contribution in [0.4, 0.5) is 0 Å². The molecule has 196 valence electrons. The molecule has 0 heterocycles. The van der Waals surface area contributed by atoms with Crippen molar-refractivity contribution in [3.8, 4) is 0 Å². The fourth-order valence-corrected chi connectivity index (χ4v) is 12.0. The van der Waals surface area contributed by atoms with Crippen LogP contribution in [0.1, 0.15) is 121 Å². The van der Waals surface area contributed by atoms with Gasteiger partial charge in [0.1, 0.15) is 0 Å². The van der Waals surface area contributed by atoms with Crippen LogP contribution in [-0.2, 0) is 4.79 Å². The topological polar surface area (TPSA) is 57.5 Å². The molecule has 0 aliphatic heterocycles. The third kappa shape index (κ3) is 3.29. The van der Waals surface area contributed by atoms with Gasteiger partial charge in [-0.1, -0.05) is 55.4 Å². The molecule has 5 aliphatic carbocycles. The predicted octanol–water partition coefficient (Wildman–Crippen LogP) is 4.68. The molecule has 11 atom stereocenters. The molecule has 0 aromatic heterocycles. The van der Waals surface area contributed by atoms with E-state index in [4.69, 9.17) is 0 Å². The van der Waals surface area contributed by atoms with Crippen LogP contribution in [0.2, 0.25) is 0 Å². The van der Waals surface area contributed by atoms with Gasteiger partial charge >= 0.3 is 24.8 Å². The number of aliphatic hydroxyl groups is 1. The maximum absolute atomic E-state index is 12.7. The van der Waals surface area contributed by atoms with Crippen LogP contribution in [-0.4, -0.2) is 21.8 Å². The van der Waals surface area contributed by atoms with E-state index in [9.17, 15) is 15.0 Å². The zero-order chi connectivity index (χ0) is 25.1. The Morgan fingerprint density at radius 2 is 1.43 bits per heavy atom. The molecule has 0 radical (unpaired) electrons. The van der Waals surface area contributed by atoms with E-state index >= 15 is 0 Å². The van der Waals surface area contributed by atoms with Crippen LogP contribution in [0.3, 0.4) is 0 Å². The van der Waals surface area contributed by atoms with Gasteiger partial charge in [0.25, 0.3) is 0 Å². The van der Waals surface area contributed by atoms with Crippen molar-refractivity contribution >= 4 is 5.97 Å². The van der Waals surface area contributed by atoms with Crippen LogP contribution in [0.15, 0.2) is 0 Å². The fraction of sp³-hybridized carbons (Fsp3) is 0.968. The average Bonchev–Trinajstić information content (AvgIpc) is 2.75. The van der Waals surface area contributed by atoms with Crippen molar-refractivity contribution in [2.45, 2.75) is 125 Å². The maximum Gasteiger partial charge on any atom is 1.00 e. The number of fused-ring (bicyclic) bond motifs is 7. The Labute approximate surface area is 228 Å². The second kappa shape index (κ2) is 8.26. The van der Waals surface area contributed by atoms with Crippen molar-refractivity contribution in [3.05, 3.63) is 0 Å². The molecule has 3 nitrogen and oxygen atoms in total. The minimum Gasteiger partial charge on any atom is -1.00 e. The maximum atomic E-state index is 12.7. The normalized spacial score (nSPS) is 56.9. The van der Waals surface area contributed by atoms with E-state index in [1.54, 1.807) is 0 Å². The molecular formula is C31H53LiO3. The van der Waals surface area contributed by atoms with Gasteiger partial charge in [-0.25, -0.2) is 4.79 Å². The first-order valence-electron chi connectivity index (χ1n) is 14.5. The molecule has 5 fully saturated rings. The SMILES string of the molecule is C[C@@H]1[C@H]2[C@H]3CC[C@@H]4[C@]5(C)[C@@H](CC[C@@]4(C)[C@]3(C)CC[C@@]2(C)CC[C@H]1C)C(C)(C)CCC5(O)C(=O)O.[H-].[Li+]. The summed E-state index contributed by atoms with van der Waals surface area (Å²) in [4.78, 5) is 12.7. The van der Waals surface area contributed by atoms with E-state index < -0.39 is 17.0 Å². The number of aliphatic carboxylic acids is 1. The van der Waals surface area contributed by atoms with E-state index in [0.29, 0.717) is 11.8 Å². The second-order valence-corrected chi connectivity index (χ2v) is 15.7. The standard InChI is InChI=1S/C31H52O3.Li.H/c1-19-11-13-27(5)16-17-28(6)21(24(27)20(19)2)9-10-23-29(28,7)14-12-22-26(3,4)15-18-31(34,25(32)33)30(22,23)8;;/h19-24,34H,9-18H2,1-8H3,(H,32,33);;/q;+1;-1/t19-,20+,21-,22+,23+,24+,27-,28-,29-,30+,31?;;/m1../s1. The average molecular weight is 481 g/mol. The third-order valence-electron chi connectivity index (χ3n) is 14.5. The molecule has 0 spiro atoms. The van der Waals surface area contributed by atoms with E-state index in [1.807, 2.05) is 0 Å². The number of hydrogen-bond acceptors (Lipinski definition) is 2. The summed E-state index contributed by atoms with van der Waals surface area (Å²) in [6.45, 7) is 19.6. The summed E-state index contributed by atoms with van der Waals surface area (Å²) >= 11 is 0. The largest absolute Gasteiger partial charge is 1.00 e. The number of hydrogen-bond donors (Lipinski definition) is 2. The number of carbonyl (C=O) groups is 1. The van der Waals surface area contributed by atoms with Gasteiger partial charge in [0.05, 0.1) is 0 Å². The minimum absolute atomic E-state index is 0. The molecule has 5 aliphatic rings. The zero-order valence-electron chi connectivity index (χ0n) is 25.3. The molecule has 0 aromatic carbocycles. The molecule has 5 saturated carbocycles. The first-order valence-corrected chi connectivity index (χ1v) is 14.5. The monoisotopic (exact) mass is 480 g/mol. The van der Waals surface area contributed by atoms with Crippen molar-refractivity contribution in [3.63, 3.8) is 0 Å². The Morgan fingerprint density at radius 1 is 0.771 bits per heavy atom. The Bertz CT molecular complexity index is 878. The Kier molecular flexibility index (Phi) is 6.62. The summed E-state index contributed by atoms with van der Waals surface area (Å²) in [5.41, 5.74) is -1.34. The van der Waals surface area contributed by atoms with Gasteiger partial charge in [-0.3, -0.25) is 0 Å². The fourth-order valence-electron chi connectivity index (χ4n) is 12.0. The summed E-state index contributed by atoms with van der Waals surface area (Å²) in [5.74, 6) is 2.62. The second-order valence-electron chi connectivity index (χ2n) is 15.7. The van der Waals surface area contributed by atoms with Gasteiger partial charge in [0, 0.05) is 5.41 Å². The molecule has 4 heteroatoms. The smallest absolute Gasteiger partial charge is 1.00 e. The van der Waals surface area contributed by atoms with Crippen molar-refractivity contribution < 1.29 is 35.3 Å². The van der Waals surface area contributed by atoms with Gasteiger partial charge in [-0.2, -0.15) is 0 Å². The molecule has 35 heavy (non-hydrogen) atoms. The first-order chi connectivity index (χ1) is 15.6. The van der Waals surface area contributed by atoms with Gasteiger partial charge in [-0.15, -0.1) is 0 Å². The third-order valence-corrected chi connectivity index (χ3v) is 14.5. The van der Waals surface area contributed by atoms with E-state index in [0.717, 1.165) is 42.9 Å². The van der Waals surface area contributed by atoms with Crippen LogP contribution >= 0.6 is 0 Å². The first kappa shape index (κ1) is 28.0. The van der Waals surface area contributed by atoms with Gasteiger partial charge in [0.2, 0.25) is 0 Å². The Morgan fingerprint density at radius 3 is 2.06 bits per heavy atom. The van der Waals surface area contributed by atoms with Crippen molar-refractivity contribution in [2.24, 2.45) is 62.6 Å². The molecule has 0 aromatic rings. The van der Waals surface area contributed by atoms with E-state index in [1.165, 1.54) is 38.5 Å². The molecule has 0 amide bonds. The molecule has 5 rings (SSSR count). The summed E-state index contributed by atoms with van der Waals surface area (Å²) in [6.07, 6.45) is 11.1. The molecule has 2 N–H and O–H groups in total. The van der Waals surface area contributed by atoms with Crippen molar-refractivity contribution in [1.29, 1.82) is 0 Å². The molecule has 1 unspecified atom stereocenters. The van der Waals surface area contributed by atoms with Gasteiger partial charge in [-0.05, 0) is 121 Å². The summed E-state index contributed by atoms with van der Waals surface area (Å²) in [6, 6.07) is 0. The van der Waals surface area contributed by atoms with E-state index in [2.05, 4.69) is 55.4 Å². The molecule has 0 bridgehead atoms. The summed E-state index contributed by atoms with van der Waals surface area (Å²) < 4.78 is 0. The van der Waals surface area contributed by atoms with Gasteiger partial charge < -0.3 is 11.6 Å². The van der Waals surface area contributed by atoms with Gasteiger partial charge in [0.15, 0.2) is 5.60 Å². The van der Waals surface area contributed by atoms with Crippen molar-refractivity contribution in [1.82, 2.24) is 0 Å². The number of carboxylic acid groups (broad SMARTS) is 1. The van der Waals surface area contributed by atoms with E-state index in [-0.39, 0.29) is 48.4 Å². The molecular weight excluding hydrogens is 427 g/mol. The Hall–Kier alpha value is 0.0274. The van der Waals surface area contributed by atoms with Crippen LogP contribution < -0.4 is 18.9 Å². The van der Waals surface area contributed by atoms with Crippen LogP contribution in [0.5, 0.6) is 0 Å². The summed E-state index contributed by atoms with van der Waals surface area (Å²) in [5, 5.41) is 22.4. The minimum atomic E-state index is -1.61.